The molecule has 0 spiro atoms. The first-order valence-electron chi connectivity index (χ1n) is 4.89. The molecule has 16 heavy (non-hydrogen) atoms. The van der Waals surface area contributed by atoms with Gasteiger partial charge >= 0.3 is 0 Å². The predicted octanol–water partition coefficient (Wildman–Crippen LogP) is 2.21. The summed E-state index contributed by atoms with van der Waals surface area (Å²) >= 11 is 1.66. The first-order chi connectivity index (χ1) is 7.72. The Bertz CT molecular complexity index is 411. The summed E-state index contributed by atoms with van der Waals surface area (Å²) in [7, 11) is 1.66. The number of hydrogen-bond donors (Lipinski definition) is 0. The average molecular weight is 240 g/mol. The molecule has 0 bridgehead atoms. The molecule has 0 aliphatic carbocycles. The number of rotatable bonds is 4. The van der Waals surface area contributed by atoms with Crippen LogP contribution in [0.2, 0.25) is 0 Å². The van der Waals surface area contributed by atoms with Crippen LogP contribution in [0, 0.1) is 10.1 Å². The predicted molar refractivity (Wildman–Crippen MR) is 63.6 cm³/mol. The maximum atomic E-state index is 10.6. The zero-order valence-corrected chi connectivity index (χ0v) is 9.70. The molecule has 0 radical (unpaired) electrons. The van der Waals surface area contributed by atoms with Gasteiger partial charge in [-0.25, -0.2) is 0 Å². The zero-order valence-electron chi connectivity index (χ0n) is 8.88. The van der Waals surface area contributed by atoms with Crippen LogP contribution in [0.1, 0.15) is 5.56 Å². The Labute approximate surface area is 97.7 Å². The lowest BCUT2D eigenvalue weighted by molar-refractivity contribution is -0.384. The number of benzene rings is 1. The van der Waals surface area contributed by atoms with Crippen molar-refractivity contribution in [1.29, 1.82) is 0 Å². The largest absolute Gasteiger partial charge is 0.383 e. The van der Waals surface area contributed by atoms with E-state index in [2.05, 4.69) is 4.31 Å². The van der Waals surface area contributed by atoms with Crippen LogP contribution < -0.4 is 4.31 Å². The maximum Gasteiger partial charge on any atom is 0.269 e. The molecule has 0 fully saturated rings. The molecule has 0 saturated heterocycles. The van der Waals surface area contributed by atoms with Crippen molar-refractivity contribution in [2.24, 2.45) is 0 Å². The molecule has 0 unspecified atom stereocenters. The number of nitro benzene ring substituents is 1. The third kappa shape index (κ3) is 2.12. The molecule has 0 N–H and O–H groups in total. The molecule has 1 aromatic carbocycles. The molecule has 1 heterocycles. The van der Waals surface area contributed by atoms with E-state index in [9.17, 15) is 10.1 Å². The number of methoxy groups -OCH3 is 1. The first-order valence-corrected chi connectivity index (χ1v) is 5.83. The summed E-state index contributed by atoms with van der Waals surface area (Å²) in [6, 6.07) is 5.00. The Hall–Kier alpha value is -1.27. The number of hydrogen-bond acceptors (Lipinski definition) is 5. The lowest BCUT2D eigenvalue weighted by Crippen LogP contribution is -2.16. The highest BCUT2D eigenvalue weighted by Crippen LogP contribution is 2.39. The number of ether oxygens (including phenoxy) is 1. The minimum atomic E-state index is -0.358. The van der Waals surface area contributed by atoms with Crippen LogP contribution in [0.4, 0.5) is 11.4 Å². The highest BCUT2D eigenvalue weighted by atomic mass is 32.2. The van der Waals surface area contributed by atoms with Crippen LogP contribution in [-0.4, -0.2) is 25.2 Å². The summed E-state index contributed by atoms with van der Waals surface area (Å²) in [5.74, 6) is 0.792. The van der Waals surface area contributed by atoms with E-state index in [0.717, 1.165) is 23.5 Å². The van der Waals surface area contributed by atoms with Crippen molar-refractivity contribution in [2.75, 3.05) is 24.6 Å². The van der Waals surface area contributed by atoms with Crippen LogP contribution >= 0.6 is 11.9 Å². The van der Waals surface area contributed by atoms with Gasteiger partial charge in [0.25, 0.3) is 5.69 Å². The van der Waals surface area contributed by atoms with Gasteiger partial charge < -0.3 is 9.04 Å². The van der Waals surface area contributed by atoms with Gasteiger partial charge in [0, 0.05) is 25.0 Å². The molecule has 0 atom stereocenters. The molecular formula is C10H12N2O3S. The van der Waals surface area contributed by atoms with E-state index in [0.29, 0.717) is 6.61 Å². The molecular weight excluding hydrogens is 228 g/mol. The van der Waals surface area contributed by atoms with Crippen molar-refractivity contribution >= 4 is 23.3 Å². The molecule has 0 saturated carbocycles. The fourth-order valence-corrected chi connectivity index (χ4v) is 2.67. The quantitative estimate of drug-likeness (QED) is 0.459. The van der Waals surface area contributed by atoms with Crippen molar-refractivity contribution in [1.82, 2.24) is 0 Å². The van der Waals surface area contributed by atoms with E-state index in [1.807, 2.05) is 6.07 Å². The number of non-ortho nitro benzene ring substituents is 1. The van der Waals surface area contributed by atoms with Gasteiger partial charge in [0.05, 0.1) is 23.8 Å². The van der Waals surface area contributed by atoms with Crippen LogP contribution in [0.3, 0.4) is 0 Å². The Morgan fingerprint density at radius 3 is 3.12 bits per heavy atom. The Kier molecular flexibility index (Phi) is 3.31. The molecule has 2 rings (SSSR count). The van der Waals surface area contributed by atoms with Gasteiger partial charge in [-0.05, 0) is 23.6 Å². The highest BCUT2D eigenvalue weighted by Gasteiger charge is 2.22. The highest BCUT2D eigenvalue weighted by molar-refractivity contribution is 8.00. The summed E-state index contributed by atoms with van der Waals surface area (Å²) in [6.07, 6.45) is 0. The van der Waals surface area contributed by atoms with Gasteiger partial charge in [0.1, 0.15) is 0 Å². The number of anilines is 1. The first kappa shape index (κ1) is 11.2. The van der Waals surface area contributed by atoms with Crippen LogP contribution in [0.25, 0.3) is 0 Å². The van der Waals surface area contributed by atoms with E-state index in [1.54, 1.807) is 31.2 Å². The van der Waals surface area contributed by atoms with Crippen LogP contribution in [0.15, 0.2) is 18.2 Å². The summed E-state index contributed by atoms with van der Waals surface area (Å²) in [4.78, 5) is 10.3. The fourth-order valence-electron chi connectivity index (χ4n) is 1.62. The topological polar surface area (TPSA) is 55.6 Å². The van der Waals surface area contributed by atoms with E-state index in [4.69, 9.17) is 4.74 Å². The Morgan fingerprint density at radius 1 is 1.62 bits per heavy atom. The van der Waals surface area contributed by atoms with Gasteiger partial charge in [-0.1, -0.05) is 0 Å². The van der Waals surface area contributed by atoms with E-state index in [1.165, 1.54) is 0 Å². The van der Waals surface area contributed by atoms with Crippen molar-refractivity contribution in [3.05, 3.63) is 33.9 Å². The summed E-state index contributed by atoms with van der Waals surface area (Å²) in [6.45, 7) is 1.45. The van der Waals surface area contributed by atoms with Crippen molar-refractivity contribution in [3.63, 3.8) is 0 Å². The third-order valence-electron chi connectivity index (χ3n) is 2.42. The third-order valence-corrected chi connectivity index (χ3v) is 3.55. The second kappa shape index (κ2) is 4.71. The lowest BCUT2D eigenvalue weighted by atomic mass is 10.2. The minimum Gasteiger partial charge on any atom is -0.383 e. The zero-order chi connectivity index (χ0) is 11.5. The van der Waals surface area contributed by atoms with E-state index < -0.39 is 0 Å². The number of fused-ring (bicyclic) bond motifs is 1. The van der Waals surface area contributed by atoms with Gasteiger partial charge in [-0.2, -0.15) is 0 Å². The van der Waals surface area contributed by atoms with Crippen molar-refractivity contribution in [3.8, 4) is 0 Å². The van der Waals surface area contributed by atoms with Crippen LogP contribution in [-0.2, 0) is 10.5 Å². The molecule has 6 heteroatoms. The van der Waals surface area contributed by atoms with Gasteiger partial charge in [0.2, 0.25) is 0 Å². The molecule has 1 aliphatic heterocycles. The summed E-state index contributed by atoms with van der Waals surface area (Å²) < 4.78 is 7.13. The van der Waals surface area contributed by atoms with Gasteiger partial charge in [0.15, 0.2) is 0 Å². The standard InChI is InChI=1S/C10H12N2O3S/c1-15-5-4-11-10-3-2-9(12(13)14)6-8(10)7-16-11/h2-3,6H,4-5,7H2,1H3. The molecule has 1 aromatic rings. The smallest absolute Gasteiger partial charge is 0.269 e. The van der Waals surface area contributed by atoms with Gasteiger partial charge in [-0.15, -0.1) is 0 Å². The van der Waals surface area contributed by atoms with E-state index >= 15 is 0 Å². The van der Waals surface area contributed by atoms with Crippen molar-refractivity contribution in [2.45, 2.75) is 5.75 Å². The second-order valence-electron chi connectivity index (χ2n) is 3.44. The second-order valence-corrected chi connectivity index (χ2v) is 4.43. The average Bonchev–Trinajstić information content (AvgIpc) is 2.68. The lowest BCUT2D eigenvalue weighted by Gasteiger charge is -2.16. The van der Waals surface area contributed by atoms with Gasteiger partial charge in [-0.3, -0.25) is 10.1 Å². The Balaban J connectivity index is 2.18. The SMILES string of the molecule is COCCN1SCc2cc([N+](=O)[O-])ccc21. The molecule has 1 aliphatic rings. The molecule has 0 aromatic heterocycles. The summed E-state index contributed by atoms with van der Waals surface area (Å²) in [5.41, 5.74) is 2.25. The normalized spacial score (nSPS) is 13.9. The molecule has 5 nitrogen and oxygen atoms in total. The minimum absolute atomic E-state index is 0.160. The fraction of sp³-hybridized carbons (Fsp3) is 0.400. The maximum absolute atomic E-state index is 10.6. The monoisotopic (exact) mass is 240 g/mol. The molecule has 0 amide bonds. The summed E-state index contributed by atoms with van der Waals surface area (Å²) in [5, 5.41) is 10.6. The Morgan fingerprint density at radius 2 is 2.44 bits per heavy atom. The van der Waals surface area contributed by atoms with Crippen molar-refractivity contribution < 1.29 is 9.66 Å². The van der Waals surface area contributed by atoms with E-state index in [-0.39, 0.29) is 10.6 Å². The molecule has 86 valence electrons. The van der Waals surface area contributed by atoms with Crippen LogP contribution in [0.5, 0.6) is 0 Å². The number of nitrogens with zero attached hydrogens (tertiary/aromatic N) is 2. The number of nitro groups is 1.